The van der Waals surface area contributed by atoms with Crippen molar-refractivity contribution in [2.24, 2.45) is 11.1 Å². The van der Waals surface area contributed by atoms with Crippen LogP contribution in [-0.2, 0) is 33.6 Å². The summed E-state index contributed by atoms with van der Waals surface area (Å²) in [6.45, 7) is 13.4. The third-order valence-corrected chi connectivity index (χ3v) is 13.3. The number of nitrogens with zero attached hydrogens (tertiary/aromatic N) is 2. The fourth-order valence-corrected chi connectivity index (χ4v) is 11.0. The number of anilines is 1. The zero-order valence-electron chi connectivity index (χ0n) is 26.3. The first-order valence-electron chi connectivity index (χ1n) is 14.8. The van der Waals surface area contributed by atoms with Crippen molar-refractivity contribution in [1.82, 2.24) is 9.78 Å². The zero-order valence-corrected chi connectivity index (χ0v) is 28.1. The van der Waals surface area contributed by atoms with E-state index in [1.807, 2.05) is 6.92 Å². The van der Waals surface area contributed by atoms with Crippen molar-refractivity contribution in [2.45, 2.75) is 79.5 Å². The predicted molar refractivity (Wildman–Crippen MR) is 166 cm³/mol. The smallest absolute Gasteiger partial charge is 0.345 e. The maximum Gasteiger partial charge on any atom is 0.345 e. The van der Waals surface area contributed by atoms with E-state index in [-0.39, 0.29) is 49.6 Å². The van der Waals surface area contributed by atoms with Crippen LogP contribution in [0.4, 0.5) is 5.69 Å². The highest BCUT2D eigenvalue weighted by Crippen LogP contribution is 2.71. The second-order valence-electron chi connectivity index (χ2n) is 11.2. The number of hydrogen-bond acceptors (Lipinski definition) is 10. The summed E-state index contributed by atoms with van der Waals surface area (Å²) in [4.78, 5) is 25.2. The molecule has 0 fully saturated rings. The lowest BCUT2D eigenvalue weighted by atomic mass is 9.75. The van der Waals surface area contributed by atoms with E-state index in [1.165, 1.54) is 0 Å². The number of nitrogens with two attached hydrogens (primary N) is 1. The molecule has 14 heteroatoms. The van der Waals surface area contributed by atoms with Crippen LogP contribution in [0.2, 0.25) is 0 Å². The number of aryl methyl sites for hydroxylation is 1. The number of hydrogen-bond donors (Lipinski definition) is 2. The van der Waals surface area contributed by atoms with Crippen molar-refractivity contribution >= 4 is 32.6 Å². The van der Waals surface area contributed by atoms with Gasteiger partial charge in [-0.2, -0.15) is 5.10 Å². The van der Waals surface area contributed by atoms with Gasteiger partial charge >= 0.3 is 15.2 Å². The normalized spacial score (nSPS) is 15.1. The lowest BCUT2D eigenvalue weighted by Gasteiger charge is -2.31. The van der Waals surface area contributed by atoms with Gasteiger partial charge < -0.3 is 29.1 Å². The largest absolute Gasteiger partial charge is 0.384 e. The second-order valence-corrected chi connectivity index (χ2v) is 16.0. The molecule has 0 saturated heterocycles. The Morgan fingerprint density at radius 2 is 1.58 bits per heavy atom. The van der Waals surface area contributed by atoms with E-state index in [0.717, 1.165) is 5.69 Å². The standard InChI is InChI=1S/C29H46N4O8P2/c1-8-38-42(36,39-9-2)26(43(37,40-10-3)41-11-4)13-12-16-31-23-17-21(14-15-22(23)28(30)35)33-24-18-29(6,7)19-25(34)27(24)20(5)32-33/h14-15,17,26,31H,8-13,16,18-19H2,1-7H3,(H2,30,35). The number of primary amides is 1. The van der Waals surface area contributed by atoms with Gasteiger partial charge in [0.2, 0.25) is 0 Å². The topological polar surface area (TPSA) is 161 Å². The summed E-state index contributed by atoms with van der Waals surface area (Å²) in [5.74, 6) is -0.541. The minimum Gasteiger partial charge on any atom is -0.384 e. The third kappa shape index (κ3) is 8.04. The fraction of sp³-hybridized carbons (Fsp3) is 0.621. The average molecular weight is 641 g/mol. The SMILES string of the molecule is CCOP(=O)(OCC)C(CCCNc1cc(-n2nc(C)c3c2CC(C)(C)CC3=O)ccc1C(N)=O)P(=O)(OCC)OCC. The number of fused-ring (bicyclic) bond motifs is 1. The molecule has 1 aromatic carbocycles. The molecule has 43 heavy (non-hydrogen) atoms. The molecule has 3 rings (SSSR count). The predicted octanol–water partition coefficient (Wildman–Crippen LogP) is 6.49. The Morgan fingerprint density at radius 1 is 1.02 bits per heavy atom. The molecule has 0 aliphatic heterocycles. The van der Waals surface area contributed by atoms with Gasteiger partial charge in [-0.25, -0.2) is 4.68 Å². The number of benzene rings is 1. The molecule has 0 unspecified atom stereocenters. The second kappa shape index (κ2) is 14.6. The molecule has 0 atom stereocenters. The number of carbonyl (C=O) groups excluding carboxylic acids is 2. The number of aromatic nitrogens is 2. The highest BCUT2D eigenvalue weighted by Gasteiger charge is 2.50. The van der Waals surface area contributed by atoms with Crippen LogP contribution in [0.1, 0.15) is 92.9 Å². The molecule has 0 bridgehead atoms. The Balaban J connectivity index is 1.90. The number of nitrogens with one attached hydrogen (secondary N) is 1. The average Bonchev–Trinajstić information content (AvgIpc) is 3.23. The van der Waals surface area contributed by atoms with Crippen molar-refractivity contribution in [2.75, 3.05) is 38.3 Å². The van der Waals surface area contributed by atoms with Gasteiger partial charge in [0.1, 0.15) is 0 Å². The molecule has 12 nitrogen and oxygen atoms in total. The van der Waals surface area contributed by atoms with E-state index in [9.17, 15) is 18.7 Å². The maximum atomic E-state index is 13.8. The number of amides is 1. The molecule has 3 N–H and O–H groups in total. The molecule has 0 spiro atoms. The van der Waals surface area contributed by atoms with Crippen LogP contribution in [-0.4, -0.2) is 59.8 Å². The van der Waals surface area contributed by atoms with Gasteiger partial charge in [-0.15, -0.1) is 0 Å². The van der Waals surface area contributed by atoms with E-state index in [2.05, 4.69) is 24.3 Å². The van der Waals surface area contributed by atoms with Gasteiger partial charge in [0.15, 0.2) is 11.2 Å². The molecule has 0 radical (unpaired) electrons. The van der Waals surface area contributed by atoms with Crippen LogP contribution in [0, 0.1) is 12.3 Å². The third-order valence-electron chi connectivity index (χ3n) is 7.15. The van der Waals surface area contributed by atoms with E-state index in [4.69, 9.17) is 23.8 Å². The van der Waals surface area contributed by atoms with Crippen molar-refractivity contribution in [3.63, 3.8) is 0 Å². The lowest BCUT2D eigenvalue weighted by molar-refractivity contribution is 0.0909. The maximum absolute atomic E-state index is 13.8. The number of rotatable bonds is 17. The Hall–Kier alpha value is -2.33. The first kappa shape index (κ1) is 35.2. The molecular weight excluding hydrogens is 594 g/mol. The van der Waals surface area contributed by atoms with Crippen LogP contribution in [0.25, 0.3) is 5.69 Å². The van der Waals surface area contributed by atoms with Crippen molar-refractivity contribution in [1.29, 1.82) is 0 Å². The van der Waals surface area contributed by atoms with Gasteiger partial charge in [0.25, 0.3) is 5.91 Å². The summed E-state index contributed by atoms with van der Waals surface area (Å²) >= 11 is 0. The van der Waals surface area contributed by atoms with E-state index < -0.39 is 26.5 Å². The molecule has 0 saturated carbocycles. The lowest BCUT2D eigenvalue weighted by Crippen LogP contribution is -2.28. The molecule has 1 aliphatic rings. The summed E-state index contributed by atoms with van der Waals surface area (Å²) < 4.78 is 51.6. The van der Waals surface area contributed by atoms with Crippen LogP contribution < -0.4 is 11.1 Å². The van der Waals surface area contributed by atoms with Crippen molar-refractivity contribution in [3.05, 3.63) is 40.7 Å². The van der Waals surface area contributed by atoms with Crippen LogP contribution >= 0.6 is 15.2 Å². The summed E-state index contributed by atoms with van der Waals surface area (Å²) in [5.41, 5.74) is 9.06. The zero-order chi connectivity index (χ0) is 32.0. The van der Waals surface area contributed by atoms with Crippen molar-refractivity contribution < 1.29 is 36.8 Å². The van der Waals surface area contributed by atoms with E-state index in [0.29, 0.717) is 48.4 Å². The first-order valence-corrected chi connectivity index (χ1v) is 18.1. The first-order chi connectivity index (χ1) is 20.3. The van der Waals surface area contributed by atoms with Crippen LogP contribution in [0.5, 0.6) is 0 Å². The molecular formula is C29H46N4O8P2. The van der Waals surface area contributed by atoms with Gasteiger partial charge in [0.05, 0.1) is 54.6 Å². The van der Waals surface area contributed by atoms with Crippen LogP contribution in [0.15, 0.2) is 18.2 Å². The number of ketones is 1. The Bertz CT molecular complexity index is 1360. The van der Waals surface area contributed by atoms with Gasteiger partial charge in [0, 0.05) is 18.7 Å². The molecule has 1 heterocycles. The monoisotopic (exact) mass is 640 g/mol. The van der Waals surface area contributed by atoms with Gasteiger partial charge in [-0.05, 0) is 77.5 Å². The summed E-state index contributed by atoms with van der Waals surface area (Å²) in [6, 6.07) is 5.15. The molecule has 1 amide bonds. The van der Waals surface area contributed by atoms with Crippen molar-refractivity contribution in [3.8, 4) is 5.69 Å². The number of carbonyl (C=O) groups is 2. The fourth-order valence-electron chi connectivity index (χ4n) is 5.51. The minimum atomic E-state index is -3.87. The molecule has 240 valence electrons. The highest BCUT2D eigenvalue weighted by molar-refractivity contribution is 7.72. The van der Waals surface area contributed by atoms with E-state index in [1.54, 1.807) is 50.6 Å². The quantitative estimate of drug-likeness (QED) is 0.145. The Kier molecular flexibility index (Phi) is 12.0. The van der Waals surface area contributed by atoms with E-state index >= 15 is 0 Å². The molecule has 1 aliphatic carbocycles. The Labute approximate surface area is 254 Å². The van der Waals surface area contributed by atoms with Gasteiger partial charge in [-0.3, -0.25) is 18.7 Å². The summed E-state index contributed by atoms with van der Waals surface area (Å²) in [7, 11) is -7.75. The minimum absolute atomic E-state index is 0.0736. The summed E-state index contributed by atoms with van der Waals surface area (Å²) in [6.07, 6.45) is 1.63. The summed E-state index contributed by atoms with van der Waals surface area (Å²) in [5, 5.41) is 6.79. The Morgan fingerprint density at radius 3 is 2.09 bits per heavy atom. The van der Waals surface area contributed by atoms with Crippen LogP contribution in [0.3, 0.4) is 0 Å². The molecule has 2 aromatic rings. The van der Waals surface area contributed by atoms with Gasteiger partial charge in [-0.1, -0.05) is 13.8 Å². The highest BCUT2D eigenvalue weighted by atomic mass is 31.2. The molecule has 1 aromatic heterocycles. The number of Topliss-reactive ketones (excluding diaryl/α,β-unsaturated/α-hetero) is 1.